The number of hydrogen-bond donors (Lipinski definition) is 2. The van der Waals surface area contributed by atoms with Crippen LogP contribution in [0, 0.1) is 6.92 Å². The molecule has 29 heavy (non-hydrogen) atoms. The quantitative estimate of drug-likeness (QED) is 0.364. The number of amides is 1. The van der Waals surface area contributed by atoms with Gasteiger partial charge in [-0.05, 0) is 54.4 Å². The van der Waals surface area contributed by atoms with Crippen molar-refractivity contribution < 1.29 is 14.3 Å². The van der Waals surface area contributed by atoms with Gasteiger partial charge in [-0.2, -0.15) is 5.10 Å². The van der Waals surface area contributed by atoms with Gasteiger partial charge in [0.15, 0.2) is 11.5 Å². The number of ether oxygens (including phenoxy) is 2. The van der Waals surface area contributed by atoms with Crippen LogP contribution in [-0.4, -0.2) is 19.2 Å². The van der Waals surface area contributed by atoms with Crippen LogP contribution in [-0.2, 0) is 6.61 Å². The van der Waals surface area contributed by atoms with Gasteiger partial charge in [-0.25, -0.2) is 5.43 Å². The van der Waals surface area contributed by atoms with Crippen LogP contribution in [0.4, 0.5) is 5.69 Å². The fourth-order valence-corrected chi connectivity index (χ4v) is 2.64. The van der Waals surface area contributed by atoms with Gasteiger partial charge in [0.2, 0.25) is 0 Å². The SMILES string of the molecule is COc1cc(/C=N\NC(=O)c2cccc(N)c2)ccc1OCc1ccc(C)cc1. The number of nitrogens with one attached hydrogen (secondary N) is 1. The first-order valence-electron chi connectivity index (χ1n) is 9.10. The van der Waals surface area contributed by atoms with Gasteiger partial charge in [0.25, 0.3) is 5.91 Å². The van der Waals surface area contributed by atoms with Gasteiger partial charge in [-0.15, -0.1) is 0 Å². The lowest BCUT2D eigenvalue weighted by Gasteiger charge is -2.11. The first-order valence-corrected chi connectivity index (χ1v) is 9.10. The molecular formula is C23H23N3O3. The third-order valence-corrected chi connectivity index (χ3v) is 4.23. The van der Waals surface area contributed by atoms with Gasteiger partial charge in [-0.1, -0.05) is 35.9 Å². The molecule has 3 aromatic rings. The number of rotatable bonds is 7. The Kier molecular flexibility index (Phi) is 6.47. The van der Waals surface area contributed by atoms with E-state index in [0.717, 1.165) is 11.1 Å². The van der Waals surface area contributed by atoms with Crippen LogP contribution >= 0.6 is 0 Å². The predicted molar refractivity (Wildman–Crippen MR) is 114 cm³/mol. The lowest BCUT2D eigenvalue weighted by atomic mass is 10.2. The molecule has 0 radical (unpaired) electrons. The van der Waals surface area contributed by atoms with E-state index in [1.807, 2.05) is 43.3 Å². The Balaban J connectivity index is 1.62. The van der Waals surface area contributed by atoms with Gasteiger partial charge < -0.3 is 15.2 Å². The normalized spacial score (nSPS) is 10.7. The molecule has 0 atom stereocenters. The van der Waals surface area contributed by atoms with Crippen LogP contribution in [0.5, 0.6) is 11.5 Å². The molecule has 0 aliphatic rings. The third kappa shape index (κ3) is 5.59. The number of carbonyl (C=O) groups is 1. The number of benzene rings is 3. The molecular weight excluding hydrogens is 366 g/mol. The lowest BCUT2D eigenvalue weighted by Crippen LogP contribution is -2.17. The minimum atomic E-state index is -0.335. The van der Waals surface area contributed by atoms with Crippen molar-refractivity contribution in [3.63, 3.8) is 0 Å². The second kappa shape index (κ2) is 9.41. The summed E-state index contributed by atoms with van der Waals surface area (Å²) in [5.41, 5.74) is 12.2. The molecule has 0 aromatic heterocycles. The standard InChI is InChI=1S/C23H23N3O3/c1-16-6-8-17(9-7-16)15-29-21-11-10-18(12-22(21)28-2)14-25-26-23(27)19-4-3-5-20(24)13-19/h3-14H,15,24H2,1-2H3,(H,26,27)/b25-14-. The van der Waals surface area contributed by atoms with Crippen molar-refractivity contribution in [1.82, 2.24) is 5.43 Å². The van der Waals surface area contributed by atoms with Crippen LogP contribution in [0.25, 0.3) is 0 Å². The molecule has 0 aliphatic carbocycles. The van der Waals surface area contributed by atoms with E-state index in [4.69, 9.17) is 15.2 Å². The average Bonchev–Trinajstić information content (AvgIpc) is 2.73. The first-order chi connectivity index (χ1) is 14.0. The number of nitrogen functional groups attached to an aromatic ring is 1. The summed E-state index contributed by atoms with van der Waals surface area (Å²) in [6.45, 7) is 2.49. The van der Waals surface area contributed by atoms with E-state index >= 15 is 0 Å². The summed E-state index contributed by atoms with van der Waals surface area (Å²) in [6.07, 6.45) is 1.54. The Morgan fingerprint density at radius 3 is 2.59 bits per heavy atom. The number of methoxy groups -OCH3 is 1. The Bertz CT molecular complexity index is 1010. The fourth-order valence-electron chi connectivity index (χ4n) is 2.64. The fraction of sp³-hybridized carbons (Fsp3) is 0.130. The highest BCUT2D eigenvalue weighted by molar-refractivity contribution is 5.95. The first kappa shape index (κ1) is 19.9. The van der Waals surface area contributed by atoms with Crippen LogP contribution in [0.15, 0.2) is 71.8 Å². The zero-order valence-corrected chi connectivity index (χ0v) is 16.4. The van der Waals surface area contributed by atoms with Crippen LogP contribution < -0.4 is 20.6 Å². The molecule has 6 heteroatoms. The highest BCUT2D eigenvalue weighted by Crippen LogP contribution is 2.28. The van der Waals surface area contributed by atoms with Crippen molar-refractivity contribution in [1.29, 1.82) is 0 Å². The maximum Gasteiger partial charge on any atom is 0.271 e. The molecule has 1 amide bonds. The zero-order chi connectivity index (χ0) is 20.6. The minimum absolute atomic E-state index is 0.335. The zero-order valence-electron chi connectivity index (χ0n) is 16.4. The van der Waals surface area contributed by atoms with Crippen molar-refractivity contribution in [2.24, 2.45) is 5.10 Å². The van der Waals surface area contributed by atoms with E-state index in [-0.39, 0.29) is 5.91 Å². The molecule has 3 N–H and O–H groups in total. The number of nitrogens with zero attached hydrogens (tertiary/aromatic N) is 1. The molecule has 6 nitrogen and oxygen atoms in total. The molecule has 3 rings (SSSR count). The highest BCUT2D eigenvalue weighted by Gasteiger charge is 2.07. The summed E-state index contributed by atoms with van der Waals surface area (Å²) in [5.74, 6) is 0.885. The summed E-state index contributed by atoms with van der Waals surface area (Å²) in [7, 11) is 1.58. The third-order valence-electron chi connectivity index (χ3n) is 4.23. The van der Waals surface area contributed by atoms with Crippen molar-refractivity contribution >= 4 is 17.8 Å². The van der Waals surface area contributed by atoms with Crippen LogP contribution in [0.1, 0.15) is 27.0 Å². The van der Waals surface area contributed by atoms with Gasteiger partial charge in [0.1, 0.15) is 6.61 Å². The smallest absolute Gasteiger partial charge is 0.271 e. The average molecular weight is 389 g/mol. The highest BCUT2D eigenvalue weighted by atomic mass is 16.5. The van der Waals surface area contributed by atoms with Crippen LogP contribution in [0.3, 0.4) is 0 Å². The number of hydrogen-bond acceptors (Lipinski definition) is 5. The molecule has 0 aliphatic heterocycles. The van der Waals surface area contributed by atoms with E-state index in [1.54, 1.807) is 37.4 Å². The number of carbonyl (C=O) groups excluding carboxylic acids is 1. The molecule has 0 spiro atoms. The Morgan fingerprint density at radius 2 is 1.86 bits per heavy atom. The maximum atomic E-state index is 12.1. The lowest BCUT2D eigenvalue weighted by molar-refractivity contribution is 0.0955. The molecule has 0 saturated carbocycles. The summed E-state index contributed by atoms with van der Waals surface area (Å²) in [6, 6.07) is 20.3. The molecule has 3 aromatic carbocycles. The number of nitrogens with two attached hydrogens (primary N) is 1. The molecule has 0 fully saturated rings. The van der Waals surface area contributed by atoms with Gasteiger partial charge >= 0.3 is 0 Å². The monoisotopic (exact) mass is 389 g/mol. The molecule has 0 heterocycles. The molecule has 0 saturated heterocycles. The minimum Gasteiger partial charge on any atom is -0.493 e. The maximum absolute atomic E-state index is 12.1. The number of anilines is 1. The Labute approximate surface area is 170 Å². The number of aryl methyl sites for hydroxylation is 1. The van der Waals surface area contributed by atoms with Gasteiger partial charge in [0, 0.05) is 11.3 Å². The van der Waals surface area contributed by atoms with Crippen molar-refractivity contribution in [2.45, 2.75) is 13.5 Å². The van der Waals surface area contributed by atoms with Crippen LogP contribution in [0.2, 0.25) is 0 Å². The second-order valence-electron chi connectivity index (χ2n) is 6.51. The topological polar surface area (TPSA) is 85.9 Å². The molecule has 0 bridgehead atoms. The van der Waals surface area contributed by atoms with Crippen molar-refractivity contribution in [2.75, 3.05) is 12.8 Å². The van der Waals surface area contributed by atoms with E-state index in [2.05, 4.69) is 10.5 Å². The van der Waals surface area contributed by atoms with E-state index < -0.39 is 0 Å². The van der Waals surface area contributed by atoms with E-state index in [9.17, 15) is 4.79 Å². The predicted octanol–water partition coefficient (Wildman–Crippen LogP) is 3.93. The summed E-state index contributed by atoms with van der Waals surface area (Å²) in [5, 5.41) is 3.99. The summed E-state index contributed by atoms with van der Waals surface area (Å²) < 4.78 is 11.3. The second-order valence-corrected chi connectivity index (χ2v) is 6.51. The Morgan fingerprint density at radius 1 is 1.07 bits per heavy atom. The largest absolute Gasteiger partial charge is 0.493 e. The number of hydrazone groups is 1. The molecule has 0 unspecified atom stereocenters. The van der Waals surface area contributed by atoms with Crippen molar-refractivity contribution in [3.05, 3.63) is 89.0 Å². The summed E-state index contributed by atoms with van der Waals surface area (Å²) >= 11 is 0. The summed E-state index contributed by atoms with van der Waals surface area (Å²) in [4.78, 5) is 12.1. The van der Waals surface area contributed by atoms with Gasteiger partial charge in [-0.3, -0.25) is 4.79 Å². The van der Waals surface area contributed by atoms with E-state index in [0.29, 0.717) is 29.4 Å². The molecule has 148 valence electrons. The Hall–Kier alpha value is -3.80. The van der Waals surface area contributed by atoms with Crippen molar-refractivity contribution in [3.8, 4) is 11.5 Å². The van der Waals surface area contributed by atoms with Gasteiger partial charge in [0.05, 0.1) is 13.3 Å². The van der Waals surface area contributed by atoms with E-state index in [1.165, 1.54) is 11.8 Å².